The van der Waals surface area contributed by atoms with Crippen LogP contribution in [-0.4, -0.2) is 35.3 Å². The molecule has 2 heterocycles. The number of thiazole rings is 1. The maximum Gasteiger partial charge on any atom is 0.312 e. The summed E-state index contributed by atoms with van der Waals surface area (Å²) in [6.45, 7) is 5.59. The fraction of sp³-hybridized carbons (Fsp3) is 0.368. The number of anilines is 1. The van der Waals surface area contributed by atoms with Crippen LogP contribution in [0, 0.1) is 6.92 Å². The number of ether oxygens (including phenoxy) is 1. The number of fused-ring (bicyclic) bond motifs is 1. The van der Waals surface area contributed by atoms with Crippen LogP contribution in [0.4, 0.5) is 5.69 Å². The number of rotatable bonds is 5. The molecule has 3 rings (SSSR count). The number of nitrogens with zero attached hydrogens (tertiary/aromatic N) is 2. The van der Waals surface area contributed by atoms with Crippen molar-refractivity contribution in [3.63, 3.8) is 0 Å². The summed E-state index contributed by atoms with van der Waals surface area (Å²) in [5.41, 5.74) is 2.94. The Bertz CT molecular complexity index is 874. The van der Waals surface area contributed by atoms with Gasteiger partial charge in [-0.15, -0.1) is 11.3 Å². The second kappa shape index (κ2) is 7.37. The number of benzene rings is 1. The van der Waals surface area contributed by atoms with Crippen LogP contribution >= 0.6 is 11.3 Å². The molecule has 1 amide bonds. The van der Waals surface area contributed by atoms with Gasteiger partial charge in [0.25, 0.3) is 0 Å². The molecule has 1 aliphatic heterocycles. The number of esters is 1. The highest BCUT2D eigenvalue weighted by molar-refractivity contribution is 7.09. The molecule has 0 aliphatic carbocycles. The molecule has 7 heteroatoms. The quantitative estimate of drug-likeness (QED) is 0.596. The lowest BCUT2D eigenvalue weighted by Crippen LogP contribution is -2.26. The highest BCUT2D eigenvalue weighted by Gasteiger charge is 2.25. The van der Waals surface area contributed by atoms with Crippen molar-refractivity contribution >= 4 is 34.7 Å². The number of amides is 1. The molecule has 0 unspecified atom stereocenters. The van der Waals surface area contributed by atoms with Crippen LogP contribution in [0.15, 0.2) is 23.6 Å². The van der Waals surface area contributed by atoms with Crippen LogP contribution in [0.1, 0.15) is 40.5 Å². The number of ketones is 1. The normalized spacial score (nSPS) is 14.0. The Hall–Kier alpha value is -2.54. The largest absolute Gasteiger partial charge is 0.454 e. The Morgan fingerprint density at radius 2 is 2.12 bits per heavy atom. The van der Waals surface area contributed by atoms with E-state index in [1.54, 1.807) is 30.0 Å². The van der Waals surface area contributed by atoms with Crippen molar-refractivity contribution in [2.75, 3.05) is 11.4 Å². The second-order valence-corrected chi connectivity index (χ2v) is 7.36. The molecule has 1 aromatic heterocycles. The van der Waals surface area contributed by atoms with E-state index in [1.807, 2.05) is 12.3 Å². The summed E-state index contributed by atoms with van der Waals surface area (Å²) in [6, 6.07) is 5.24. The van der Waals surface area contributed by atoms with Gasteiger partial charge in [0.15, 0.2) is 6.10 Å². The van der Waals surface area contributed by atoms with Crippen molar-refractivity contribution in [1.82, 2.24) is 4.98 Å². The van der Waals surface area contributed by atoms with Crippen LogP contribution in [0.25, 0.3) is 0 Å². The first-order chi connectivity index (χ1) is 12.3. The molecule has 2 aromatic rings. The monoisotopic (exact) mass is 372 g/mol. The molecule has 0 N–H and O–H groups in total. The number of carbonyl (C=O) groups excluding carboxylic acids is 3. The first kappa shape index (κ1) is 18.3. The fourth-order valence-corrected chi connectivity index (χ4v) is 3.66. The Labute approximate surface area is 155 Å². The summed E-state index contributed by atoms with van der Waals surface area (Å²) >= 11 is 1.47. The minimum Gasteiger partial charge on any atom is -0.454 e. The third kappa shape index (κ3) is 3.83. The van der Waals surface area contributed by atoms with E-state index < -0.39 is 12.1 Å². The number of carbonyl (C=O) groups is 3. The average molecular weight is 372 g/mol. The molecule has 6 nitrogen and oxygen atoms in total. The Kier molecular flexibility index (Phi) is 5.18. The van der Waals surface area contributed by atoms with Crippen molar-refractivity contribution in [1.29, 1.82) is 0 Å². The van der Waals surface area contributed by atoms with Gasteiger partial charge in [0, 0.05) is 30.1 Å². The molecular formula is C19H20N2O4S. The van der Waals surface area contributed by atoms with E-state index in [9.17, 15) is 14.4 Å². The maximum atomic E-state index is 12.6. The van der Waals surface area contributed by atoms with Gasteiger partial charge in [0.1, 0.15) is 0 Å². The van der Waals surface area contributed by atoms with E-state index in [2.05, 4.69) is 4.98 Å². The van der Waals surface area contributed by atoms with E-state index in [0.29, 0.717) is 24.2 Å². The topological polar surface area (TPSA) is 76.6 Å². The summed E-state index contributed by atoms with van der Waals surface area (Å²) in [4.78, 5) is 42.1. The lowest BCUT2D eigenvalue weighted by atomic mass is 10.0. The number of hydrogen-bond donors (Lipinski definition) is 0. The third-order valence-electron chi connectivity index (χ3n) is 4.31. The molecule has 0 bridgehead atoms. The molecule has 26 heavy (non-hydrogen) atoms. The summed E-state index contributed by atoms with van der Waals surface area (Å²) in [5, 5.41) is 2.69. The maximum absolute atomic E-state index is 12.6. The number of Topliss-reactive ketones (excluding diaryl/α,β-unsaturated/α-hetero) is 1. The smallest absolute Gasteiger partial charge is 0.312 e. The molecule has 0 saturated heterocycles. The van der Waals surface area contributed by atoms with E-state index in [1.165, 1.54) is 18.3 Å². The fourth-order valence-electron chi connectivity index (χ4n) is 3.05. The average Bonchev–Trinajstić information content (AvgIpc) is 3.19. The minimum atomic E-state index is -0.870. The van der Waals surface area contributed by atoms with Gasteiger partial charge in [-0.2, -0.15) is 0 Å². The number of aryl methyl sites for hydroxylation is 1. The number of aromatic nitrogens is 1. The lowest BCUT2D eigenvalue weighted by Gasteiger charge is -2.16. The SMILES string of the molecule is CC(=O)N1CCc2cc(C(=O)[C@@H](C)OC(=O)Cc3csc(C)n3)ccc21. The lowest BCUT2D eigenvalue weighted by molar-refractivity contribution is -0.145. The standard InChI is InChI=1S/C19H20N2O4S/c1-11(25-18(23)9-16-10-26-12(2)20-16)19(24)15-4-5-17-14(8-15)6-7-21(17)13(3)22/h4-5,8,10-11H,6-7,9H2,1-3H3/t11-/m1/s1. The van der Waals surface area contributed by atoms with Gasteiger partial charge in [-0.05, 0) is 44.0 Å². The molecule has 136 valence electrons. The molecule has 0 fully saturated rings. The van der Waals surface area contributed by atoms with Gasteiger partial charge in [0.2, 0.25) is 11.7 Å². The van der Waals surface area contributed by atoms with Crippen molar-refractivity contribution < 1.29 is 19.1 Å². The van der Waals surface area contributed by atoms with Gasteiger partial charge in [-0.1, -0.05) is 0 Å². The highest BCUT2D eigenvalue weighted by atomic mass is 32.1. The zero-order valence-corrected chi connectivity index (χ0v) is 15.8. The molecule has 0 spiro atoms. The predicted molar refractivity (Wildman–Crippen MR) is 98.6 cm³/mol. The summed E-state index contributed by atoms with van der Waals surface area (Å²) in [7, 11) is 0. The van der Waals surface area contributed by atoms with Crippen LogP contribution in [0.3, 0.4) is 0 Å². The zero-order valence-electron chi connectivity index (χ0n) is 14.9. The number of hydrogen-bond acceptors (Lipinski definition) is 6. The van der Waals surface area contributed by atoms with Crippen LogP contribution in [0.5, 0.6) is 0 Å². The minimum absolute atomic E-state index is 0.0117. The van der Waals surface area contributed by atoms with Gasteiger partial charge in [-0.3, -0.25) is 14.4 Å². The van der Waals surface area contributed by atoms with Gasteiger partial charge in [-0.25, -0.2) is 4.98 Å². The van der Waals surface area contributed by atoms with E-state index in [0.717, 1.165) is 16.3 Å². The first-order valence-electron chi connectivity index (χ1n) is 8.41. The van der Waals surface area contributed by atoms with Crippen molar-refractivity contribution in [3.05, 3.63) is 45.4 Å². The third-order valence-corrected chi connectivity index (χ3v) is 5.13. The van der Waals surface area contributed by atoms with Crippen molar-refractivity contribution in [2.24, 2.45) is 0 Å². The van der Waals surface area contributed by atoms with E-state index in [4.69, 9.17) is 4.74 Å². The Balaban J connectivity index is 1.65. The molecule has 0 radical (unpaired) electrons. The van der Waals surface area contributed by atoms with Crippen LogP contribution in [0.2, 0.25) is 0 Å². The second-order valence-electron chi connectivity index (χ2n) is 6.30. The van der Waals surface area contributed by atoms with Crippen molar-refractivity contribution in [3.8, 4) is 0 Å². The van der Waals surface area contributed by atoms with Gasteiger partial charge in [0.05, 0.1) is 17.1 Å². The summed E-state index contributed by atoms with van der Waals surface area (Å²) in [5.74, 6) is -0.737. The zero-order chi connectivity index (χ0) is 18.8. The van der Waals surface area contributed by atoms with E-state index in [-0.39, 0.29) is 18.1 Å². The predicted octanol–water partition coefficient (Wildman–Crippen LogP) is 2.72. The molecule has 0 saturated carbocycles. The molecule has 1 atom stereocenters. The van der Waals surface area contributed by atoms with E-state index >= 15 is 0 Å². The van der Waals surface area contributed by atoms with Crippen molar-refractivity contribution in [2.45, 2.75) is 39.7 Å². The first-order valence-corrected chi connectivity index (χ1v) is 9.29. The van der Waals surface area contributed by atoms with Gasteiger partial charge < -0.3 is 9.64 Å². The summed E-state index contributed by atoms with van der Waals surface area (Å²) < 4.78 is 5.27. The Morgan fingerprint density at radius 3 is 2.77 bits per heavy atom. The molecule has 1 aromatic carbocycles. The summed E-state index contributed by atoms with van der Waals surface area (Å²) in [6.07, 6.45) is -0.0989. The molecule has 1 aliphatic rings. The van der Waals surface area contributed by atoms with Crippen LogP contribution in [-0.2, 0) is 27.2 Å². The van der Waals surface area contributed by atoms with Crippen LogP contribution < -0.4 is 4.90 Å². The highest BCUT2D eigenvalue weighted by Crippen LogP contribution is 2.29. The molecular weight excluding hydrogens is 352 g/mol. The van der Waals surface area contributed by atoms with Gasteiger partial charge >= 0.3 is 5.97 Å². The Morgan fingerprint density at radius 1 is 1.35 bits per heavy atom.